The van der Waals surface area contributed by atoms with Crippen molar-refractivity contribution in [3.63, 3.8) is 0 Å². The lowest BCUT2D eigenvalue weighted by atomic mass is 9.91. The number of halogens is 3. The minimum Gasteiger partial charge on any atom is -0.741 e. The summed E-state index contributed by atoms with van der Waals surface area (Å²) in [5.74, 6) is 1.59. The molecule has 2 aliphatic rings. The standard InChI is InChI=1S/C13H23OP.CHF3O3S/c14-12-8-4-5-9-13(12)15-10-11-6-2-1-3-7-11;2-1(3,4)8(5,6)7/h11,13,15H,1-10H2;(H,5,6,7). The van der Waals surface area contributed by atoms with Crippen LogP contribution >= 0.6 is 8.58 Å². The zero-order chi connectivity index (χ0) is 17.5. The van der Waals surface area contributed by atoms with Crippen LogP contribution < -0.4 is 0 Å². The third-order valence-electron chi connectivity index (χ3n) is 4.36. The summed E-state index contributed by atoms with van der Waals surface area (Å²) in [6.45, 7) is 0. The van der Waals surface area contributed by atoms with Gasteiger partial charge in [-0.05, 0) is 46.6 Å². The molecular formula is C14H24F3O4PS. The van der Waals surface area contributed by atoms with Gasteiger partial charge in [-0.2, -0.15) is 13.2 Å². The Kier molecular flexibility index (Phi) is 8.45. The van der Waals surface area contributed by atoms with Gasteiger partial charge in [-0.15, -0.1) is 0 Å². The molecule has 0 aromatic rings. The normalized spacial score (nSPS) is 24.5. The summed E-state index contributed by atoms with van der Waals surface area (Å²) < 4.78 is 58.9. The smallest absolute Gasteiger partial charge is 0.485 e. The van der Waals surface area contributed by atoms with Crippen molar-refractivity contribution in [2.24, 2.45) is 5.92 Å². The van der Waals surface area contributed by atoms with E-state index in [1.165, 1.54) is 51.1 Å². The molecule has 2 atom stereocenters. The predicted octanol–water partition coefficient (Wildman–Crippen LogP) is 3.54. The molecule has 0 aliphatic heterocycles. The first-order valence-electron chi connectivity index (χ1n) is 7.99. The Balaban J connectivity index is 0.000000284. The Morgan fingerprint density at radius 2 is 1.57 bits per heavy atom. The Morgan fingerprint density at radius 3 is 2.04 bits per heavy atom. The third-order valence-corrected chi connectivity index (χ3v) is 7.14. The van der Waals surface area contributed by atoms with E-state index < -0.39 is 15.6 Å². The van der Waals surface area contributed by atoms with Gasteiger partial charge in [-0.25, -0.2) is 8.42 Å². The summed E-state index contributed by atoms with van der Waals surface area (Å²) in [5.41, 5.74) is -5.12. The van der Waals surface area contributed by atoms with Crippen molar-refractivity contribution < 1.29 is 30.9 Å². The van der Waals surface area contributed by atoms with Crippen LogP contribution in [0.4, 0.5) is 13.2 Å². The van der Waals surface area contributed by atoms with Crippen molar-refractivity contribution in [2.75, 3.05) is 6.16 Å². The molecular weight excluding hydrogens is 352 g/mol. The number of Topliss-reactive ketones (excluding diaryl/α,β-unsaturated/α-hetero) is 1. The average Bonchev–Trinajstić information content (AvgIpc) is 2.46. The van der Waals surface area contributed by atoms with Crippen LogP contribution in [0.15, 0.2) is 0 Å². The van der Waals surface area contributed by atoms with E-state index in [1.54, 1.807) is 0 Å². The van der Waals surface area contributed by atoms with Crippen LogP contribution in [0.2, 0.25) is 0 Å². The third kappa shape index (κ3) is 7.94. The molecule has 2 aliphatic carbocycles. The van der Waals surface area contributed by atoms with Crippen molar-refractivity contribution >= 4 is 24.5 Å². The Morgan fingerprint density at radius 1 is 1.04 bits per heavy atom. The summed E-state index contributed by atoms with van der Waals surface area (Å²) in [4.78, 5) is 11.7. The molecule has 2 saturated carbocycles. The minimum atomic E-state index is -6.09. The van der Waals surface area contributed by atoms with E-state index in [2.05, 4.69) is 0 Å². The molecule has 0 aromatic heterocycles. The predicted molar refractivity (Wildman–Crippen MR) is 84.2 cm³/mol. The van der Waals surface area contributed by atoms with Crippen LogP contribution in [-0.4, -0.2) is 36.1 Å². The summed E-state index contributed by atoms with van der Waals surface area (Å²) in [7, 11) is -5.66. The Hall–Kier alpha value is -0.200. The van der Waals surface area contributed by atoms with Gasteiger partial charge < -0.3 is 4.55 Å². The van der Waals surface area contributed by atoms with Crippen molar-refractivity contribution in [3.8, 4) is 0 Å². The van der Waals surface area contributed by atoms with E-state index in [-0.39, 0.29) is 0 Å². The maximum absolute atomic E-state index is 11.7. The topological polar surface area (TPSA) is 74.3 Å². The lowest BCUT2D eigenvalue weighted by Crippen LogP contribution is -2.21. The first kappa shape index (κ1) is 20.8. The van der Waals surface area contributed by atoms with Gasteiger partial charge in [-0.1, -0.05) is 19.3 Å². The molecule has 0 amide bonds. The van der Waals surface area contributed by atoms with Crippen LogP contribution in [0.1, 0.15) is 57.8 Å². The van der Waals surface area contributed by atoms with E-state index in [4.69, 9.17) is 13.0 Å². The molecule has 2 rings (SSSR count). The zero-order valence-electron chi connectivity index (χ0n) is 13.0. The van der Waals surface area contributed by atoms with Gasteiger partial charge >= 0.3 is 5.51 Å². The highest BCUT2D eigenvalue weighted by atomic mass is 32.2. The van der Waals surface area contributed by atoms with Crippen molar-refractivity contribution in [2.45, 2.75) is 69.0 Å². The van der Waals surface area contributed by atoms with Crippen molar-refractivity contribution in [3.05, 3.63) is 0 Å². The molecule has 0 heterocycles. The number of hydrogen-bond acceptors (Lipinski definition) is 4. The molecule has 9 heteroatoms. The SMILES string of the molecule is O=C1CCCCC1[PH2+]CC1CCCCC1.O=S(=O)([O-])C(F)(F)F. The quantitative estimate of drug-likeness (QED) is 0.429. The number of carbonyl (C=O) groups excluding carboxylic acids is 1. The fourth-order valence-electron chi connectivity index (χ4n) is 3.04. The van der Waals surface area contributed by atoms with E-state index in [1.807, 2.05) is 0 Å². The largest absolute Gasteiger partial charge is 0.741 e. The molecule has 0 saturated heterocycles. The maximum Gasteiger partial charge on any atom is 0.485 e. The number of alkyl halides is 3. The highest BCUT2D eigenvalue weighted by Crippen LogP contribution is 2.35. The lowest BCUT2D eigenvalue weighted by molar-refractivity contribution is -0.119. The first-order valence-corrected chi connectivity index (χ1v) is 10.9. The van der Waals surface area contributed by atoms with E-state index in [0.717, 1.165) is 18.8 Å². The number of rotatable bonds is 3. The Labute approximate surface area is 137 Å². The van der Waals surface area contributed by atoms with Gasteiger partial charge in [0.1, 0.15) is 5.66 Å². The molecule has 0 spiro atoms. The first-order chi connectivity index (χ1) is 10.6. The summed E-state index contributed by atoms with van der Waals surface area (Å²) >= 11 is 0. The highest BCUT2D eigenvalue weighted by Gasteiger charge is 2.36. The minimum absolute atomic E-state index is 0.433. The molecule has 136 valence electrons. The molecule has 2 unspecified atom stereocenters. The highest BCUT2D eigenvalue weighted by molar-refractivity contribution is 7.86. The molecule has 23 heavy (non-hydrogen) atoms. The van der Waals surface area contributed by atoms with Gasteiger partial charge in [0.15, 0.2) is 15.9 Å². The molecule has 0 bridgehead atoms. The number of carbonyl (C=O) groups is 1. The zero-order valence-corrected chi connectivity index (χ0v) is 14.9. The summed E-state index contributed by atoms with van der Waals surface area (Å²) in [6, 6.07) is 0. The fraction of sp³-hybridized carbons (Fsp3) is 0.929. The lowest BCUT2D eigenvalue weighted by Gasteiger charge is -2.21. The molecule has 4 nitrogen and oxygen atoms in total. The van der Waals surface area contributed by atoms with Crippen LogP contribution in [0, 0.1) is 5.92 Å². The second kappa shape index (κ2) is 9.33. The van der Waals surface area contributed by atoms with Gasteiger partial charge in [0.2, 0.25) is 0 Å². The van der Waals surface area contributed by atoms with Gasteiger partial charge in [0, 0.05) is 6.42 Å². The van der Waals surface area contributed by atoms with Gasteiger partial charge in [0.25, 0.3) is 0 Å². The van der Waals surface area contributed by atoms with E-state index >= 15 is 0 Å². The average molecular weight is 376 g/mol. The van der Waals surface area contributed by atoms with Crippen LogP contribution in [0.25, 0.3) is 0 Å². The van der Waals surface area contributed by atoms with E-state index in [0.29, 0.717) is 20.0 Å². The second-order valence-corrected chi connectivity index (χ2v) is 9.31. The molecule has 0 N–H and O–H groups in total. The van der Waals surface area contributed by atoms with Crippen LogP contribution in [0.3, 0.4) is 0 Å². The maximum atomic E-state index is 11.7. The number of hydrogen-bond donors (Lipinski definition) is 0. The van der Waals surface area contributed by atoms with Gasteiger partial charge in [0.05, 0.1) is 6.16 Å². The van der Waals surface area contributed by atoms with Crippen molar-refractivity contribution in [1.82, 2.24) is 0 Å². The number of ketones is 1. The molecule has 2 fully saturated rings. The fourth-order valence-corrected chi connectivity index (χ4v) is 5.12. The summed E-state index contributed by atoms with van der Waals surface area (Å²) in [6.07, 6.45) is 13.3. The molecule has 0 radical (unpaired) electrons. The van der Waals surface area contributed by atoms with Gasteiger partial charge in [-0.3, -0.25) is 4.79 Å². The monoisotopic (exact) mass is 376 g/mol. The summed E-state index contributed by atoms with van der Waals surface area (Å²) in [5, 5.41) is 0. The molecule has 0 aromatic carbocycles. The second-order valence-electron chi connectivity index (χ2n) is 6.19. The van der Waals surface area contributed by atoms with Crippen LogP contribution in [0.5, 0.6) is 0 Å². The van der Waals surface area contributed by atoms with Crippen molar-refractivity contribution in [1.29, 1.82) is 0 Å². The van der Waals surface area contributed by atoms with E-state index in [9.17, 15) is 18.0 Å². The van der Waals surface area contributed by atoms with Crippen LogP contribution in [-0.2, 0) is 14.9 Å². The Bertz CT molecular complexity index is 473.